The number of aliphatic carboxylic acids is 1. The fourth-order valence-electron chi connectivity index (χ4n) is 0.206. The highest BCUT2D eigenvalue weighted by molar-refractivity contribution is 9.10. The van der Waals surface area contributed by atoms with E-state index in [2.05, 4.69) is 15.9 Å². The van der Waals surface area contributed by atoms with E-state index in [1.807, 2.05) is 0 Å². The van der Waals surface area contributed by atoms with Crippen LogP contribution in [0, 0.1) is 0 Å². The Morgan fingerprint density at radius 2 is 2.12 bits per heavy atom. The van der Waals surface area contributed by atoms with Crippen molar-refractivity contribution in [2.45, 2.75) is 17.9 Å². The first kappa shape index (κ1) is 7.91. The number of carbonyl (C=O) groups is 1. The fourth-order valence-corrected chi connectivity index (χ4v) is 0.206. The molecule has 0 saturated carbocycles. The highest BCUT2D eigenvalue weighted by Gasteiger charge is 2.17. The van der Waals surface area contributed by atoms with Gasteiger partial charge in [0.05, 0.1) is 6.10 Å². The summed E-state index contributed by atoms with van der Waals surface area (Å²) in [4.78, 5) is 9.09. The van der Waals surface area contributed by atoms with E-state index in [9.17, 15) is 4.79 Å². The van der Waals surface area contributed by atoms with Gasteiger partial charge >= 0.3 is 5.97 Å². The lowest BCUT2D eigenvalue weighted by Gasteiger charge is -2.04. The molecule has 0 saturated heterocycles. The number of alkyl halides is 1. The molecular weight excluding hydrogens is 176 g/mol. The molecule has 0 radical (unpaired) electrons. The minimum atomic E-state index is -1.04. The van der Waals surface area contributed by atoms with Crippen molar-refractivity contribution < 1.29 is 15.0 Å². The molecule has 0 aromatic heterocycles. The van der Waals surface area contributed by atoms with Crippen molar-refractivity contribution in [1.82, 2.24) is 0 Å². The number of hydrogen-bond acceptors (Lipinski definition) is 2. The van der Waals surface area contributed by atoms with Crippen LogP contribution >= 0.6 is 15.9 Å². The summed E-state index contributed by atoms with van der Waals surface area (Å²) < 4.78 is 0. The molecule has 0 aliphatic carbocycles. The zero-order valence-corrected chi connectivity index (χ0v) is 5.92. The highest BCUT2D eigenvalue weighted by Crippen LogP contribution is 2.03. The number of carboxylic acid groups (broad SMARTS) is 1. The van der Waals surface area contributed by atoms with Gasteiger partial charge in [0.15, 0.2) is 0 Å². The van der Waals surface area contributed by atoms with E-state index >= 15 is 0 Å². The molecular formula is C4H7BrO3. The number of aliphatic hydroxyl groups excluding tert-OH is 1. The topological polar surface area (TPSA) is 57.5 Å². The normalized spacial score (nSPS) is 17.4. The van der Waals surface area contributed by atoms with Crippen molar-refractivity contribution >= 4 is 21.9 Å². The van der Waals surface area contributed by atoms with Crippen molar-refractivity contribution in [2.24, 2.45) is 0 Å². The van der Waals surface area contributed by atoms with Crippen LogP contribution in [0.25, 0.3) is 0 Å². The van der Waals surface area contributed by atoms with Gasteiger partial charge in [-0.2, -0.15) is 0 Å². The van der Waals surface area contributed by atoms with Gasteiger partial charge in [0.1, 0.15) is 4.83 Å². The molecule has 0 aliphatic heterocycles. The van der Waals surface area contributed by atoms with Crippen LogP contribution in [0.4, 0.5) is 0 Å². The van der Waals surface area contributed by atoms with E-state index in [1.165, 1.54) is 6.92 Å². The summed E-state index contributed by atoms with van der Waals surface area (Å²) in [6.07, 6.45) is -0.840. The van der Waals surface area contributed by atoms with E-state index < -0.39 is 16.9 Å². The van der Waals surface area contributed by atoms with Gasteiger partial charge in [0.25, 0.3) is 0 Å². The van der Waals surface area contributed by atoms with Gasteiger partial charge in [-0.05, 0) is 6.92 Å². The van der Waals surface area contributed by atoms with Gasteiger partial charge in [-0.1, -0.05) is 15.9 Å². The Bertz CT molecular complexity index is 91.3. The molecule has 0 aliphatic rings. The first-order chi connectivity index (χ1) is 3.55. The average molecular weight is 183 g/mol. The summed E-state index contributed by atoms with van der Waals surface area (Å²) in [7, 11) is 0. The van der Waals surface area contributed by atoms with Gasteiger partial charge < -0.3 is 10.2 Å². The minimum absolute atomic E-state index is 0.840. The van der Waals surface area contributed by atoms with Gasteiger partial charge in [-0.3, -0.25) is 4.79 Å². The number of hydrogen-bond donors (Lipinski definition) is 2. The van der Waals surface area contributed by atoms with Crippen molar-refractivity contribution in [3.05, 3.63) is 0 Å². The fraction of sp³-hybridized carbons (Fsp3) is 0.750. The molecule has 0 amide bonds. The van der Waals surface area contributed by atoms with Crippen LogP contribution in [0.3, 0.4) is 0 Å². The number of rotatable bonds is 2. The van der Waals surface area contributed by atoms with E-state index in [-0.39, 0.29) is 0 Å². The summed E-state index contributed by atoms with van der Waals surface area (Å²) in [5.74, 6) is -1.04. The zero-order valence-electron chi connectivity index (χ0n) is 4.34. The Morgan fingerprint density at radius 3 is 2.12 bits per heavy atom. The summed E-state index contributed by atoms with van der Waals surface area (Å²) >= 11 is 2.76. The lowest BCUT2D eigenvalue weighted by Crippen LogP contribution is -2.25. The number of aliphatic hydroxyl groups is 1. The van der Waals surface area contributed by atoms with E-state index in [4.69, 9.17) is 10.2 Å². The third-order valence-electron chi connectivity index (χ3n) is 0.659. The quantitative estimate of drug-likeness (QED) is 0.601. The van der Waals surface area contributed by atoms with Gasteiger partial charge in [-0.15, -0.1) is 0 Å². The smallest absolute Gasteiger partial charge is 0.319 e. The maximum atomic E-state index is 9.93. The first-order valence-electron chi connectivity index (χ1n) is 2.10. The van der Waals surface area contributed by atoms with Crippen molar-refractivity contribution in [2.75, 3.05) is 0 Å². The van der Waals surface area contributed by atoms with Crippen LogP contribution in [0.1, 0.15) is 6.92 Å². The standard InChI is InChI=1S/C4H7BrO3/c1-2(6)3(5)4(7)8/h2-3,6H,1H3,(H,7,8)/t2?,3-/m0/s1. The summed E-state index contributed by atoms with van der Waals surface area (Å²) in [6.45, 7) is 1.41. The second-order valence-electron chi connectivity index (χ2n) is 1.48. The van der Waals surface area contributed by atoms with E-state index in [1.54, 1.807) is 0 Å². The minimum Gasteiger partial charge on any atom is -0.480 e. The predicted molar refractivity (Wildman–Crippen MR) is 32.0 cm³/mol. The molecule has 4 heteroatoms. The largest absolute Gasteiger partial charge is 0.480 e. The molecule has 2 N–H and O–H groups in total. The number of halogens is 1. The summed E-state index contributed by atoms with van der Waals surface area (Å²) in [5, 5.41) is 16.7. The molecule has 0 heterocycles. The maximum absolute atomic E-state index is 9.93. The molecule has 3 nitrogen and oxygen atoms in total. The Morgan fingerprint density at radius 1 is 1.75 bits per heavy atom. The van der Waals surface area contributed by atoms with Crippen LogP contribution < -0.4 is 0 Å². The third-order valence-corrected chi connectivity index (χ3v) is 1.82. The van der Waals surface area contributed by atoms with Crippen LogP contribution in [-0.2, 0) is 4.79 Å². The van der Waals surface area contributed by atoms with Crippen LogP contribution in [-0.4, -0.2) is 27.1 Å². The van der Waals surface area contributed by atoms with Crippen molar-refractivity contribution in [3.8, 4) is 0 Å². The average Bonchev–Trinajstić information content (AvgIpc) is 1.64. The van der Waals surface area contributed by atoms with Crippen LogP contribution in [0.2, 0.25) is 0 Å². The van der Waals surface area contributed by atoms with Crippen LogP contribution in [0.5, 0.6) is 0 Å². The molecule has 0 bridgehead atoms. The molecule has 8 heavy (non-hydrogen) atoms. The SMILES string of the molecule is CC(O)[C@H](Br)C(=O)O. The Kier molecular flexibility index (Phi) is 3.01. The molecule has 0 fully saturated rings. The van der Waals surface area contributed by atoms with Crippen molar-refractivity contribution in [3.63, 3.8) is 0 Å². The molecule has 48 valence electrons. The zero-order chi connectivity index (χ0) is 6.73. The molecule has 0 spiro atoms. The molecule has 0 rings (SSSR count). The Labute approximate surface area is 55.5 Å². The molecule has 0 aromatic rings. The lowest BCUT2D eigenvalue weighted by atomic mass is 10.3. The summed E-state index contributed by atoms with van der Waals surface area (Å²) in [5.41, 5.74) is 0. The Hall–Kier alpha value is -0.0900. The predicted octanol–water partition coefficient (Wildman–Crippen LogP) is 0.215. The van der Waals surface area contributed by atoms with E-state index in [0.717, 1.165) is 0 Å². The summed E-state index contributed by atoms with van der Waals surface area (Å²) in [6, 6.07) is 0. The second-order valence-corrected chi connectivity index (χ2v) is 2.47. The molecule has 2 atom stereocenters. The maximum Gasteiger partial charge on any atom is 0.319 e. The Balaban J connectivity index is 3.64. The van der Waals surface area contributed by atoms with Crippen LogP contribution in [0.15, 0.2) is 0 Å². The second kappa shape index (κ2) is 3.04. The third kappa shape index (κ3) is 2.28. The van der Waals surface area contributed by atoms with Crippen molar-refractivity contribution in [1.29, 1.82) is 0 Å². The monoisotopic (exact) mass is 182 g/mol. The van der Waals surface area contributed by atoms with E-state index in [0.29, 0.717) is 0 Å². The van der Waals surface area contributed by atoms with Gasteiger partial charge in [0, 0.05) is 0 Å². The highest BCUT2D eigenvalue weighted by atomic mass is 79.9. The van der Waals surface area contributed by atoms with Gasteiger partial charge in [-0.25, -0.2) is 0 Å². The molecule has 0 aromatic carbocycles. The lowest BCUT2D eigenvalue weighted by molar-refractivity contribution is -0.137. The first-order valence-corrected chi connectivity index (χ1v) is 3.02. The number of carboxylic acids is 1. The van der Waals surface area contributed by atoms with Gasteiger partial charge in [0.2, 0.25) is 0 Å². The molecule has 1 unspecified atom stereocenters.